The second-order valence-electron chi connectivity index (χ2n) is 7.64. The Bertz CT molecular complexity index is 805. The van der Waals surface area contributed by atoms with Crippen molar-refractivity contribution in [1.29, 1.82) is 0 Å². The fourth-order valence-corrected chi connectivity index (χ4v) is 3.74. The van der Waals surface area contributed by atoms with Crippen LogP contribution in [0.3, 0.4) is 0 Å². The van der Waals surface area contributed by atoms with Gasteiger partial charge in [0.25, 0.3) is 0 Å². The molecule has 0 unspecified atom stereocenters. The second-order valence-corrected chi connectivity index (χ2v) is 7.64. The average Bonchev–Trinajstić information content (AvgIpc) is 3.20. The minimum absolute atomic E-state index is 0.0384. The number of aromatic nitrogens is 2. The molecule has 0 atom stereocenters. The Labute approximate surface area is 172 Å². The topological polar surface area (TPSA) is 61.7 Å². The van der Waals surface area contributed by atoms with E-state index in [-0.39, 0.29) is 11.8 Å². The van der Waals surface area contributed by atoms with Gasteiger partial charge in [-0.3, -0.25) is 14.3 Å². The van der Waals surface area contributed by atoms with Crippen molar-refractivity contribution in [3.63, 3.8) is 0 Å². The summed E-state index contributed by atoms with van der Waals surface area (Å²) in [5.41, 5.74) is 1.94. The largest absolute Gasteiger partial charge is 0.337 e. The van der Waals surface area contributed by atoms with Gasteiger partial charge in [-0.05, 0) is 44.1 Å². The van der Waals surface area contributed by atoms with E-state index in [0.29, 0.717) is 26.1 Å². The molecule has 0 saturated carbocycles. The lowest BCUT2D eigenvalue weighted by molar-refractivity contribution is -0.132. The summed E-state index contributed by atoms with van der Waals surface area (Å²) in [4.78, 5) is 31.3. The SMILES string of the molecule is CC(=O)N1CCCN(C)CCN(C(=O)CCCn2cccn2)Cc2ccccc21. The Hall–Kier alpha value is -2.67. The van der Waals surface area contributed by atoms with E-state index in [1.165, 1.54) is 0 Å². The third-order valence-corrected chi connectivity index (χ3v) is 5.39. The summed E-state index contributed by atoms with van der Waals surface area (Å²) in [7, 11) is 2.07. The Morgan fingerprint density at radius 3 is 2.66 bits per heavy atom. The van der Waals surface area contributed by atoms with Gasteiger partial charge in [-0.1, -0.05) is 18.2 Å². The van der Waals surface area contributed by atoms with Crippen LogP contribution in [0.2, 0.25) is 0 Å². The first-order valence-electron chi connectivity index (χ1n) is 10.3. The number of nitrogens with zero attached hydrogens (tertiary/aromatic N) is 5. The number of amides is 2. The van der Waals surface area contributed by atoms with E-state index in [9.17, 15) is 9.59 Å². The van der Waals surface area contributed by atoms with Crippen LogP contribution in [0.1, 0.15) is 31.7 Å². The highest BCUT2D eigenvalue weighted by Gasteiger charge is 2.21. The lowest BCUT2D eigenvalue weighted by atomic mass is 10.1. The monoisotopic (exact) mass is 397 g/mol. The summed E-state index contributed by atoms with van der Waals surface area (Å²) in [5.74, 6) is 0.186. The van der Waals surface area contributed by atoms with E-state index in [1.807, 2.05) is 51.0 Å². The number of benzene rings is 1. The molecule has 7 nitrogen and oxygen atoms in total. The maximum atomic E-state index is 13.0. The predicted octanol–water partition coefficient (Wildman–Crippen LogP) is 2.38. The van der Waals surface area contributed by atoms with Crippen molar-refractivity contribution in [3.8, 4) is 0 Å². The average molecular weight is 398 g/mol. The normalized spacial score (nSPS) is 16.2. The molecule has 0 fully saturated rings. The molecule has 0 aliphatic carbocycles. The van der Waals surface area contributed by atoms with E-state index in [1.54, 1.807) is 13.1 Å². The molecule has 1 aromatic carbocycles. The molecule has 0 radical (unpaired) electrons. The van der Waals surface area contributed by atoms with Crippen LogP contribution in [0.25, 0.3) is 0 Å². The molecule has 1 aliphatic heterocycles. The standard InChI is InChI=1S/C22H31N5O2/c1-19(28)27-15-7-12-24(2)16-17-25(18-20-8-3-4-9-21(20)27)22(29)10-5-13-26-14-6-11-23-26/h3-4,6,8-9,11,14H,5,7,10,12-13,15-18H2,1-2H3. The molecule has 0 spiro atoms. The molecule has 3 rings (SSSR count). The molecule has 156 valence electrons. The molecular weight excluding hydrogens is 366 g/mol. The highest BCUT2D eigenvalue weighted by molar-refractivity contribution is 5.92. The number of hydrogen-bond acceptors (Lipinski definition) is 4. The van der Waals surface area contributed by atoms with Crippen LogP contribution in [0, 0.1) is 0 Å². The number of carbonyl (C=O) groups is 2. The van der Waals surface area contributed by atoms with E-state index < -0.39 is 0 Å². The van der Waals surface area contributed by atoms with Crippen LogP contribution < -0.4 is 4.90 Å². The van der Waals surface area contributed by atoms with E-state index in [0.717, 1.165) is 43.7 Å². The highest BCUT2D eigenvalue weighted by Crippen LogP contribution is 2.23. The smallest absolute Gasteiger partial charge is 0.223 e. The zero-order valence-electron chi connectivity index (χ0n) is 17.5. The molecule has 29 heavy (non-hydrogen) atoms. The lowest BCUT2D eigenvalue weighted by Gasteiger charge is -2.27. The summed E-state index contributed by atoms with van der Waals surface area (Å²) in [5, 5.41) is 4.20. The minimum atomic E-state index is 0.0384. The van der Waals surface area contributed by atoms with Gasteiger partial charge in [0.1, 0.15) is 0 Å². The Morgan fingerprint density at radius 1 is 1.07 bits per heavy atom. The number of hydrogen-bond donors (Lipinski definition) is 0. The maximum Gasteiger partial charge on any atom is 0.223 e. The van der Waals surface area contributed by atoms with Gasteiger partial charge in [0.05, 0.1) is 0 Å². The van der Waals surface area contributed by atoms with E-state index in [4.69, 9.17) is 0 Å². The Balaban J connectivity index is 1.75. The Kier molecular flexibility index (Phi) is 7.41. The number of fused-ring (bicyclic) bond motifs is 1. The molecule has 2 heterocycles. The number of rotatable bonds is 4. The summed E-state index contributed by atoms with van der Waals surface area (Å²) < 4.78 is 1.86. The van der Waals surface area contributed by atoms with Crippen molar-refractivity contribution in [2.45, 2.75) is 39.3 Å². The number of likely N-dealkylation sites (N-methyl/N-ethyl adjacent to an activating group) is 1. The molecule has 1 aliphatic rings. The molecule has 2 aromatic rings. The van der Waals surface area contributed by atoms with Crippen LogP contribution >= 0.6 is 0 Å². The van der Waals surface area contributed by atoms with Crippen LogP contribution in [-0.4, -0.2) is 64.6 Å². The van der Waals surface area contributed by atoms with Gasteiger partial charge in [-0.2, -0.15) is 5.10 Å². The predicted molar refractivity (Wildman–Crippen MR) is 113 cm³/mol. The van der Waals surface area contributed by atoms with Crippen molar-refractivity contribution < 1.29 is 9.59 Å². The van der Waals surface area contributed by atoms with E-state index >= 15 is 0 Å². The Morgan fingerprint density at radius 2 is 1.90 bits per heavy atom. The summed E-state index contributed by atoms with van der Waals surface area (Å²) in [6, 6.07) is 9.83. The van der Waals surface area contributed by atoms with Gasteiger partial charge < -0.3 is 14.7 Å². The maximum absolute atomic E-state index is 13.0. The lowest BCUT2D eigenvalue weighted by Crippen LogP contribution is -2.37. The van der Waals surface area contributed by atoms with Gasteiger partial charge in [0, 0.05) is 64.1 Å². The van der Waals surface area contributed by atoms with Crippen LogP contribution in [0.15, 0.2) is 42.7 Å². The molecule has 1 aromatic heterocycles. The van der Waals surface area contributed by atoms with Crippen LogP contribution in [-0.2, 0) is 22.7 Å². The van der Waals surface area contributed by atoms with Gasteiger partial charge in [-0.25, -0.2) is 0 Å². The molecule has 0 saturated heterocycles. The fraction of sp³-hybridized carbons (Fsp3) is 0.500. The molecule has 7 heteroatoms. The van der Waals surface area contributed by atoms with Crippen molar-refractivity contribution in [1.82, 2.24) is 19.6 Å². The summed E-state index contributed by atoms with van der Waals surface area (Å²) >= 11 is 0. The third-order valence-electron chi connectivity index (χ3n) is 5.39. The van der Waals surface area contributed by atoms with E-state index in [2.05, 4.69) is 17.0 Å². The second kappa shape index (κ2) is 10.2. The van der Waals surface area contributed by atoms with Crippen molar-refractivity contribution >= 4 is 17.5 Å². The van der Waals surface area contributed by atoms with Crippen LogP contribution in [0.4, 0.5) is 5.69 Å². The van der Waals surface area contributed by atoms with Crippen molar-refractivity contribution in [2.75, 3.05) is 38.1 Å². The summed E-state index contributed by atoms with van der Waals surface area (Å²) in [6.45, 7) is 5.97. The molecule has 2 amide bonds. The minimum Gasteiger partial charge on any atom is -0.337 e. The van der Waals surface area contributed by atoms with Crippen LogP contribution in [0.5, 0.6) is 0 Å². The fourth-order valence-electron chi connectivity index (χ4n) is 3.74. The van der Waals surface area contributed by atoms with Gasteiger partial charge in [0.2, 0.25) is 11.8 Å². The van der Waals surface area contributed by atoms with Gasteiger partial charge >= 0.3 is 0 Å². The number of anilines is 1. The highest BCUT2D eigenvalue weighted by atomic mass is 16.2. The first kappa shape index (κ1) is 21.0. The number of carbonyl (C=O) groups excluding carboxylic acids is 2. The molecule has 0 bridgehead atoms. The van der Waals surface area contributed by atoms with Gasteiger partial charge in [0.15, 0.2) is 0 Å². The quantitative estimate of drug-likeness (QED) is 0.795. The number of aryl methyl sites for hydroxylation is 1. The third kappa shape index (κ3) is 5.90. The number of para-hydroxylation sites is 1. The zero-order chi connectivity index (χ0) is 20.6. The van der Waals surface area contributed by atoms with Gasteiger partial charge in [-0.15, -0.1) is 0 Å². The first-order valence-corrected chi connectivity index (χ1v) is 10.3. The first-order chi connectivity index (χ1) is 14.0. The molecular formula is C22H31N5O2. The zero-order valence-corrected chi connectivity index (χ0v) is 17.5. The molecule has 0 N–H and O–H groups in total. The summed E-state index contributed by atoms with van der Waals surface area (Å²) in [6.07, 6.45) is 5.82. The van der Waals surface area contributed by atoms with Crippen molar-refractivity contribution in [2.24, 2.45) is 0 Å². The van der Waals surface area contributed by atoms with Crippen molar-refractivity contribution in [3.05, 3.63) is 48.3 Å².